The van der Waals surface area contributed by atoms with Crippen LogP contribution in [-0.2, 0) is 7.05 Å². The van der Waals surface area contributed by atoms with E-state index in [1.807, 2.05) is 25.6 Å². The number of hydrogen-bond acceptors (Lipinski definition) is 2. The average molecular weight is 215 g/mol. The fourth-order valence-corrected chi connectivity index (χ4v) is 2.09. The molecular formula is C10H15ClN2O. The quantitative estimate of drug-likeness (QED) is 0.706. The molecule has 0 radical (unpaired) electrons. The predicted molar refractivity (Wildman–Crippen MR) is 56.0 cm³/mol. The van der Waals surface area contributed by atoms with Crippen molar-refractivity contribution < 1.29 is 4.74 Å². The Balaban J connectivity index is 2.09. The van der Waals surface area contributed by atoms with Crippen molar-refractivity contribution in [3.8, 4) is 5.75 Å². The maximum Gasteiger partial charge on any atom is 0.163 e. The molecule has 0 aromatic carbocycles. The minimum atomic E-state index is 0.291. The highest BCUT2D eigenvalue weighted by Gasteiger charge is 2.30. The predicted octanol–water partition coefficient (Wildman–Crippen LogP) is 2.19. The van der Waals surface area contributed by atoms with Gasteiger partial charge in [-0.15, -0.1) is 11.6 Å². The first-order valence-electron chi connectivity index (χ1n) is 4.89. The second-order valence-electron chi connectivity index (χ2n) is 3.93. The highest BCUT2D eigenvalue weighted by atomic mass is 35.5. The highest BCUT2D eigenvalue weighted by molar-refractivity contribution is 6.21. The monoisotopic (exact) mass is 214 g/mol. The van der Waals surface area contributed by atoms with E-state index in [9.17, 15) is 0 Å². The van der Waals surface area contributed by atoms with Crippen LogP contribution in [0.4, 0.5) is 0 Å². The van der Waals surface area contributed by atoms with Gasteiger partial charge in [0.25, 0.3) is 0 Å². The van der Waals surface area contributed by atoms with Crippen LogP contribution in [0.2, 0.25) is 0 Å². The molecule has 1 aromatic rings. The third kappa shape index (κ3) is 1.61. The molecule has 3 nitrogen and oxygen atoms in total. The first-order chi connectivity index (χ1) is 6.58. The van der Waals surface area contributed by atoms with Gasteiger partial charge < -0.3 is 4.74 Å². The summed E-state index contributed by atoms with van der Waals surface area (Å²) in [5.74, 6) is 0.932. The molecule has 1 aliphatic rings. The first-order valence-corrected chi connectivity index (χ1v) is 5.32. The van der Waals surface area contributed by atoms with Crippen molar-refractivity contribution in [3.63, 3.8) is 0 Å². The van der Waals surface area contributed by atoms with E-state index in [4.69, 9.17) is 16.3 Å². The first kappa shape index (κ1) is 9.84. The number of nitrogens with zero attached hydrogens (tertiary/aromatic N) is 2. The van der Waals surface area contributed by atoms with Gasteiger partial charge >= 0.3 is 0 Å². The van der Waals surface area contributed by atoms with Gasteiger partial charge in [-0.2, -0.15) is 5.10 Å². The SMILES string of the molecule is Cc1nn(C)c(C)c1OC1CC(Cl)C1. The van der Waals surface area contributed by atoms with E-state index in [0.717, 1.165) is 30.0 Å². The molecule has 0 N–H and O–H groups in total. The van der Waals surface area contributed by atoms with E-state index in [1.54, 1.807) is 0 Å². The Morgan fingerprint density at radius 1 is 1.43 bits per heavy atom. The minimum absolute atomic E-state index is 0.291. The van der Waals surface area contributed by atoms with Crippen LogP contribution in [0.15, 0.2) is 0 Å². The van der Waals surface area contributed by atoms with Crippen LogP contribution in [0.3, 0.4) is 0 Å². The second kappa shape index (κ2) is 3.46. The third-order valence-corrected chi connectivity index (χ3v) is 3.12. The summed E-state index contributed by atoms with van der Waals surface area (Å²) in [7, 11) is 1.93. The smallest absolute Gasteiger partial charge is 0.163 e. The van der Waals surface area contributed by atoms with E-state index in [1.165, 1.54) is 0 Å². The fraction of sp³-hybridized carbons (Fsp3) is 0.700. The average Bonchev–Trinajstić information content (AvgIpc) is 2.29. The Labute approximate surface area is 89.0 Å². The largest absolute Gasteiger partial charge is 0.486 e. The Morgan fingerprint density at radius 3 is 2.50 bits per heavy atom. The number of rotatable bonds is 2. The minimum Gasteiger partial charge on any atom is -0.486 e. The van der Waals surface area contributed by atoms with Gasteiger partial charge in [0.2, 0.25) is 0 Å². The maximum absolute atomic E-state index is 5.89. The van der Waals surface area contributed by atoms with Gasteiger partial charge in [-0.1, -0.05) is 0 Å². The van der Waals surface area contributed by atoms with E-state index in [0.29, 0.717) is 11.5 Å². The summed E-state index contributed by atoms with van der Waals surface area (Å²) in [5.41, 5.74) is 2.04. The van der Waals surface area contributed by atoms with Gasteiger partial charge in [0.05, 0.1) is 5.69 Å². The number of ether oxygens (including phenoxy) is 1. The molecule has 0 bridgehead atoms. The van der Waals surface area contributed by atoms with Gasteiger partial charge in [0, 0.05) is 25.3 Å². The summed E-state index contributed by atoms with van der Waals surface area (Å²) < 4.78 is 7.68. The molecule has 0 amide bonds. The van der Waals surface area contributed by atoms with Gasteiger partial charge in [-0.3, -0.25) is 4.68 Å². The van der Waals surface area contributed by atoms with Crippen molar-refractivity contribution >= 4 is 11.6 Å². The lowest BCUT2D eigenvalue weighted by atomic mass is 9.95. The number of hydrogen-bond donors (Lipinski definition) is 0. The zero-order valence-electron chi connectivity index (χ0n) is 8.75. The van der Waals surface area contributed by atoms with Gasteiger partial charge in [0.1, 0.15) is 11.8 Å². The van der Waals surface area contributed by atoms with E-state index >= 15 is 0 Å². The van der Waals surface area contributed by atoms with Gasteiger partial charge in [-0.05, 0) is 13.8 Å². The Bertz CT molecular complexity index is 342. The number of aryl methyl sites for hydroxylation is 2. The molecule has 1 fully saturated rings. The number of halogens is 1. The lowest BCUT2D eigenvalue weighted by Crippen LogP contribution is -2.34. The molecule has 0 aliphatic heterocycles. The van der Waals surface area contributed by atoms with Crippen molar-refractivity contribution in [2.24, 2.45) is 7.05 Å². The van der Waals surface area contributed by atoms with Crippen LogP contribution in [0, 0.1) is 13.8 Å². The zero-order chi connectivity index (χ0) is 10.3. The van der Waals surface area contributed by atoms with Crippen LogP contribution in [-0.4, -0.2) is 21.3 Å². The summed E-state index contributed by atoms with van der Waals surface area (Å²) in [4.78, 5) is 0. The van der Waals surface area contributed by atoms with Crippen molar-refractivity contribution in [2.45, 2.75) is 38.2 Å². The molecule has 0 unspecified atom stereocenters. The molecule has 14 heavy (non-hydrogen) atoms. The van der Waals surface area contributed by atoms with E-state index in [-0.39, 0.29) is 0 Å². The molecule has 0 atom stereocenters. The summed E-state index contributed by atoms with van der Waals surface area (Å²) in [6.07, 6.45) is 2.20. The normalized spacial score (nSPS) is 26.0. The molecule has 1 saturated carbocycles. The fourth-order valence-electron chi connectivity index (χ4n) is 1.69. The number of aromatic nitrogens is 2. The van der Waals surface area contributed by atoms with Crippen LogP contribution in [0.5, 0.6) is 5.75 Å². The molecule has 0 spiro atoms. The van der Waals surface area contributed by atoms with Crippen molar-refractivity contribution in [1.29, 1.82) is 0 Å². The Kier molecular flexibility index (Phi) is 2.43. The summed E-state index contributed by atoms with van der Waals surface area (Å²) in [6.45, 7) is 3.99. The van der Waals surface area contributed by atoms with Crippen LogP contribution < -0.4 is 4.74 Å². The topological polar surface area (TPSA) is 27.1 Å². The van der Waals surface area contributed by atoms with Crippen LogP contribution in [0.25, 0.3) is 0 Å². The lowest BCUT2D eigenvalue weighted by molar-refractivity contribution is 0.122. The lowest BCUT2D eigenvalue weighted by Gasteiger charge is -2.31. The summed E-state index contributed by atoms with van der Waals surface area (Å²) in [6, 6.07) is 0. The molecule has 1 aliphatic carbocycles. The van der Waals surface area contributed by atoms with Crippen LogP contribution in [0.1, 0.15) is 24.2 Å². The van der Waals surface area contributed by atoms with Gasteiger partial charge in [-0.25, -0.2) is 0 Å². The number of alkyl halides is 1. The second-order valence-corrected chi connectivity index (χ2v) is 4.55. The zero-order valence-corrected chi connectivity index (χ0v) is 9.51. The molecule has 78 valence electrons. The van der Waals surface area contributed by atoms with Gasteiger partial charge in [0.15, 0.2) is 5.75 Å². The van der Waals surface area contributed by atoms with E-state index in [2.05, 4.69) is 5.10 Å². The molecule has 0 saturated heterocycles. The molecule has 4 heteroatoms. The van der Waals surface area contributed by atoms with Crippen LogP contribution >= 0.6 is 11.6 Å². The molecular weight excluding hydrogens is 200 g/mol. The molecule has 2 rings (SSSR count). The third-order valence-electron chi connectivity index (χ3n) is 2.76. The maximum atomic E-state index is 5.89. The summed E-state index contributed by atoms with van der Waals surface area (Å²) in [5, 5.41) is 4.60. The highest BCUT2D eigenvalue weighted by Crippen LogP contribution is 2.32. The Morgan fingerprint density at radius 2 is 2.07 bits per heavy atom. The molecule has 1 heterocycles. The van der Waals surface area contributed by atoms with Crippen molar-refractivity contribution in [2.75, 3.05) is 0 Å². The van der Waals surface area contributed by atoms with Crippen molar-refractivity contribution in [1.82, 2.24) is 9.78 Å². The Hall–Kier alpha value is -0.700. The summed E-state index contributed by atoms with van der Waals surface area (Å²) >= 11 is 5.89. The standard InChI is InChI=1S/C10H15ClN2O/c1-6-10(7(2)13(3)12-6)14-9-4-8(11)5-9/h8-9H,4-5H2,1-3H3. The molecule has 1 aromatic heterocycles. The van der Waals surface area contributed by atoms with Crippen molar-refractivity contribution in [3.05, 3.63) is 11.4 Å². The van der Waals surface area contributed by atoms with E-state index < -0.39 is 0 Å².